The Bertz CT molecular complexity index is 781. The lowest BCUT2D eigenvalue weighted by atomic mass is 10.1. The molecule has 0 fully saturated rings. The highest BCUT2D eigenvalue weighted by Gasteiger charge is 2.28. The van der Waals surface area contributed by atoms with Gasteiger partial charge in [0.2, 0.25) is 5.91 Å². The van der Waals surface area contributed by atoms with Crippen molar-refractivity contribution in [1.29, 1.82) is 0 Å². The SMILES string of the molecule is Cc1ccc(OCC(=O)N(CC(=O)Nc2ccc(F)cc2)C(C)(C)C)cc1. The molecule has 0 aliphatic carbocycles. The molecule has 0 saturated carbocycles. The van der Waals surface area contributed by atoms with E-state index in [-0.39, 0.29) is 30.8 Å². The van der Waals surface area contributed by atoms with Crippen molar-refractivity contribution in [3.05, 3.63) is 59.9 Å². The maximum atomic E-state index is 13.0. The Balaban J connectivity index is 1.98. The van der Waals surface area contributed by atoms with Gasteiger partial charge >= 0.3 is 0 Å². The van der Waals surface area contributed by atoms with Gasteiger partial charge in [0.15, 0.2) is 6.61 Å². The molecule has 0 atom stereocenters. The van der Waals surface area contributed by atoms with Crippen molar-refractivity contribution >= 4 is 17.5 Å². The summed E-state index contributed by atoms with van der Waals surface area (Å²) in [6, 6.07) is 12.9. The largest absolute Gasteiger partial charge is 0.484 e. The summed E-state index contributed by atoms with van der Waals surface area (Å²) in [5.74, 6) is -0.441. The zero-order valence-electron chi connectivity index (χ0n) is 16.1. The number of halogens is 1. The Hall–Kier alpha value is -2.89. The third-order valence-electron chi connectivity index (χ3n) is 3.92. The third kappa shape index (κ3) is 6.40. The Kier molecular flexibility index (Phi) is 6.55. The summed E-state index contributed by atoms with van der Waals surface area (Å²) in [5, 5.41) is 2.67. The molecular weight excluding hydrogens is 347 g/mol. The maximum Gasteiger partial charge on any atom is 0.261 e. The second-order valence-electron chi connectivity index (χ2n) is 7.31. The van der Waals surface area contributed by atoms with Gasteiger partial charge in [0.25, 0.3) is 5.91 Å². The molecule has 2 amide bonds. The lowest BCUT2D eigenvalue weighted by Gasteiger charge is -2.35. The molecule has 0 unspecified atom stereocenters. The molecule has 0 heterocycles. The molecule has 0 aromatic heterocycles. The maximum absolute atomic E-state index is 13.0. The van der Waals surface area contributed by atoms with Gasteiger partial charge in [-0.15, -0.1) is 0 Å². The van der Waals surface area contributed by atoms with Gasteiger partial charge in [-0.1, -0.05) is 17.7 Å². The van der Waals surface area contributed by atoms with Crippen molar-refractivity contribution < 1.29 is 18.7 Å². The van der Waals surface area contributed by atoms with E-state index in [1.165, 1.54) is 29.2 Å². The van der Waals surface area contributed by atoms with Crippen molar-refractivity contribution in [3.63, 3.8) is 0 Å². The number of amides is 2. The molecule has 1 N–H and O–H groups in total. The molecule has 5 nitrogen and oxygen atoms in total. The zero-order valence-corrected chi connectivity index (χ0v) is 16.1. The number of aryl methyl sites for hydroxylation is 1. The Morgan fingerprint density at radius 1 is 1.04 bits per heavy atom. The quantitative estimate of drug-likeness (QED) is 0.840. The lowest BCUT2D eigenvalue weighted by Crippen LogP contribution is -2.51. The van der Waals surface area contributed by atoms with Crippen molar-refractivity contribution in [2.24, 2.45) is 0 Å². The smallest absolute Gasteiger partial charge is 0.261 e. The molecule has 6 heteroatoms. The van der Waals surface area contributed by atoms with Gasteiger partial charge in [-0.05, 0) is 64.1 Å². The standard InChI is InChI=1S/C21H25FN2O3/c1-15-5-11-18(12-6-15)27-14-20(26)24(21(2,3)4)13-19(25)23-17-9-7-16(22)8-10-17/h5-12H,13-14H2,1-4H3,(H,23,25). The molecule has 144 valence electrons. The van der Waals surface area contributed by atoms with Gasteiger partial charge in [-0.2, -0.15) is 0 Å². The highest BCUT2D eigenvalue weighted by atomic mass is 19.1. The summed E-state index contributed by atoms with van der Waals surface area (Å²) in [6.07, 6.45) is 0. The fourth-order valence-corrected chi connectivity index (χ4v) is 2.43. The minimum absolute atomic E-state index is 0.128. The predicted molar refractivity (Wildman–Crippen MR) is 103 cm³/mol. The number of hydrogen-bond acceptors (Lipinski definition) is 3. The Morgan fingerprint density at radius 3 is 2.19 bits per heavy atom. The van der Waals surface area contributed by atoms with Crippen molar-refractivity contribution in [2.45, 2.75) is 33.2 Å². The number of rotatable bonds is 6. The number of anilines is 1. The normalized spacial score (nSPS) is 11.0. The van der Waals surface area contributed by atoms with Gasteiger partial charge in [0.05, 0.1) is 0 Å². The third-order valence-corrected chi connectivity index (χ3v) is 3.92. The molecule has 0 radical (unpaired) electrons. The first kappa shape index (κ1) is 20.4. The highest BCUT2D eigenvalue weighted by Crippen LogP contribution is 2.16. The summed E-state index contributed by atoms with van der Waals surface area (Å²) in [5.41, 5.74) is 1.01. The van der Waals surface area contributed by atoms with Crippen LogP contribution in [0, 0.1) is 12.7 Å². The number of carbonyl (C=O) groups excluding carboxylic acids is 2. The molecule has 0 aliphatic heterocycles. The second-order valence-corrected chi connectivity index (χ2v) is 7.31. The van der Waals surface area contributed by atoms with E-state index in [0.29, 0.717) is 11.4 Å². The van der Waals surface area contributed by atoms with Crippen molar-refractivity contribution in [3.8, 4) is 5.75 Å². The van der Waals surface area contributed by atoms with E-state index >= 15 is 0 Å². The van der Waals surface area contributed by atoms with Gasteiger partial charge in [-0.3, -0.25) is 9.59 Å². The molecule has 27 heavy (non-hydrogen) atoms. The van der Waals surface area contributed by atoms with Gasteiger partial charge in [0.1, 0.15) is 18.1 Å². The molecular formula is C21H25FN2O3. The molecule has 2 aromatic rings. The molecule has 2 rings (SSSR count). The van der Waals surface area contributed by atoms with Crippen LogP contribution in [0.1, 0.15) is 26.3 Å². The number of hydrogen-bond donors (Lipinski definition) is 1. The fraction of sp³-hybridized carbons (Fsp3) is 0.333. The molecule has 0 saturated heterocycles. The minimum Gasteiger partial charge on any atom is -0.484 e. The van der Waals surface area contributed by atoms with E-state index in [2.05, 4.69) is 5.32 Å². The van der Waals surface area contributed by atoms with Gasteiger partial charge in [-0.25, -0.2) is 4.39 Å². The first-order valence-electron chi connectivity index (χ1n) is 8.70. The second kappa shape index (κ2) is 8.66. The van der Waals surface area contributed by atoms with Crippen LogP contribution in [0.4, 0.5) is 10.1 Å². The number of carbonyl (C=O) groups is 2. The summed E-state index contributed by atoms with van der Waals surface area (Å²) in [4.78, 5) is 26.4. The van der Waals surface area contributed by atoms with Crippen LogP contribution < -0.4 is 10.1 Å². The predicted octanol–water partition coefficient (Wildman–Crippen LogP) is 3.78. The summed E-state index contributed by atoms with van der Waals surface area (Å²) in [7, 11) is 0. The van der Waals surface area contributed by atoms with Crippen LogP contribution in [-0.2, 0) is 9.59 Å². The van der Waals surface area contributed by atoms with E-state index in [1.54, 1.807) is 12.1 Å². The number of benzene rings is 2. The van der Waals surface area contributed by atoms with E-state index in [1.807, 2.05) is 39.8 Å². The van der Waals surface area contributed by atoms with Crippen molar-refractivity contribution in [1.82, 2.24) is 4.90 Å². The summed E-state index contributed by atoms with van der Waals surface area (Å²) < 4.78 is 18.5. The molecule has 2 aromatic carbocycles. The van der Waals surface area contributed by atoms with E-state index < -0.39 is 5.54 Å². The van der Waals surface area contributed by atoms with Crippen LogP contribution in [0.15, 0.2) is 48.5 Å². The Labute approximate surface area is 159 Å². The number of nitrogens with zero attached hydrogens (tertiary/aromatic N) is 1. The topological polar surface area (TPSA) is 58.6 Å². The van der Waals surface area contributed by atoms with E-state index in [9.17, 15) is 14.0 Å². The highest BCUT2D eigenvalue weighted by molar-refractivity contribution is 5.94. The van der Waals surface area contributed by atoms with Gasteiger partial charge in [0, 0.05) is 11.2 Å². The van der Waals surface area contributed by atoms with Crippen molar-refractivity contribution in [2.75, 3.05) is 18.5 Å². The van der Waals surface area contributed by atoms with E-state index in [0.717, 1.165) is 5.56 Å². The van der Waals surface area contributed by atoms with Crippen LogP contribution in [-0.4, -0.2) is 35.4 Å². The minimum atomic E-state index is -0.562. The summed E-state index contributed by atoms with van der Waals surface area (Å²) in [6.45, 7) is 7.23. The van der Waals surface area contributed by atoms with Crippen LogP contribution in [0.25, 0.3) is 0 Å². The first-order valence-corrected chi connectivity index (χ1v) is 8.70. The monoisotopic (exact) mass is 372 g/mol. The fourth-order valence-electron chi connectivity index (χ4n) is 2.43. The van der Waals surface area contributed by atoms with Gasteiger partial charge < -0.3 is 15.0 Å². The molecule has 0 spiro atoms. The average molecular weight is 372 g/mol. The lowest BCUT2D eigenvalue weighted by molar-refractivity contribution is -0.141. The summed E-state index contributed by atoms with van der Waals surface area (Å²) >= 11 is 0. The van der Waals surface area contributed by atoms with Crippen LogP contribution in [0.5, 0.6) is 5.75 Å². The van der Waals surface area contributed by atoms with Crippen LogP contribution in [0.3, 0.4) is 0 Å². The van der Waals surface area contributed by atoms with Crippen LogP contribution >= 0.6 is 0 Å². The van der Waals surface area contributed by atoms with E-state index in [4.69, 9.17) is 4.74 Å². The first-order chi connectivity index (χ1) is 12.6. The molecule has 0 aliphatic rings. The number of nitrogens with one attached hydrogen (secondary N) is 1. The van der Waals surface area contributed by atoms with Crippen LogP contribution in [0.2, 0.25) is 0 Å². The zero-order chi connectivity index (χ0) is 20.0. The number of ether oxygens (including phenoxy) is 1. The molecule has 0 bridgehead atoms. The Morgan fingerprint density at radius 2 is 1.63 bits per heavy atom. The average Bonchev–Trinajstić information content (AvgIpc) is 2.60.